The SMILES string of the molecule is COC(=O)[C@]1(C)[C@@H]2CC[C@]3(C)/C(=C(/C)C=O)C(=O)C[C@@H]3[C@@]2(C)CC[C@H]1OC(C)=O. The molecule has 0 amide bonds. The van der Waals surface area contributed by atoms with Gasteiger partial charge < -0.3 is 9.47 Å². The molecule has 0 spiro atoms. The summed E-state index contributed by atoms with van der Waals surface area (Å²) in [5.41, 5.74) is -0.458. The Balaban J connectivity index is 2.10. The molecule has 0 bridgehead atoms. The van der Waals surface area contributed by atoms with E-state index in [-0.39, 0.29) is 34.4 Å². The van der Waals surface area contributed by atoms with E-state index < -0.39 is 17.5 Å². The number of esters is 2. The molecule has 0 N–H and O–H groups in total. The van der Waals surface area contributed by atoms with Gasteiger partial charge in [0, 0.05) is 24.3 Å². The van der Waals surface area contributed by atoms with Crippen LogP contribution in [0.15, 0.2) is 11.1 Å². The van der Waals surface area contributed by atoms with Crippen LogP contribution in [0.4, 0.5) is 0 Å². The number of ketones is 1. The Labute approximate surface area is 172 Å². The van der Waals surface area contributed by atoms with Crippen LogP contribution >= 0.6 is 0 Å². The molecular formula is C23H32O6. The minimum atomic E-state index is -0.968. The summed E-state index contributed by atoms with van der Waals surface area (Å²) in [5, 5.41) is 0. The van der Waals surface area contributed by atoms with Crippen LogP contribution in [0.1, 0.15) is 66.7 Å². The van der Waals surface area contributed by atoms with Gasteiger partial charge in [0.1, 0.15) is 17.8 Å². The van der Waals surface area contributed by atoms with Gasteiger partial charge in [-0.15, -0.1) is 0 Å². The van der Waals surface area contributed by atoms with E-state index in [0.717, 1.165) is 12.7 Å². The maximum absolute atomic E-state index is 13.0. The third-order valence-electron chi connectivity index (χ3n) is 8.40. The number of rotatable bonds is 3. The van der Waals surface area contributed by atoms with Crippen molar-refractivity contribution in [1.29, 1.82) is 0 Å². The first kappa shape index (κ1) is 21.7. The molecule has 3 fully saturated rings. The Morgan fingerprint density at radius 3 is 2.28 bits per heavy atom. The predicted octanol–water partition coefficient (Wildman–Crippen LogP) is 3.42. The summed E-state index contributed by atoms with van der Waals surface area (Å²) in [5.74, 6) is -0.772. The van der Waals surface area contributed by atoms with E-state index >= 15 is 0 Å². The number of allylic oxidation sites excluding steroid dienone is 2. The fourth-order valence-electron chi connectivity index (χ4n) is 7.19. The lowest BCUT2D eigenvalue weighted by Gasteiger charge is -2.61. The van der Waals surface area contributed by atoms with Crippen LogP contribution in [-0.2, 0) is 28.7 Å². The smallest absolute Gasteiger partial charge is 0.315 e. The Morgan fingerprint density at radius 2 is 1.72 bits per heavy atom. The second-order valence-electron chi connectivity index (χ2n) is 9.78. The summed E-state index contributed by atoms with van der Waals surface area (Å²) in [6.07, 6.45) is 3.34. The zero-order valence-corrected chi connectivity index (χ0v) is 18.3. The molecule has 0 aromatic carbocycles. The molecule has 160 valence electrons. The van der Waals surface area contributed by atoms with E-state index in [1.165, 1.54) is 14.0 Å². The van der Waals surface area contributed by atoms with Crippen LogP contribution in [-0.4, -0.2) is 37.2 Å². The van der Waals surface area contributed by atoms with E-state index in [4.69, 9.17) is 9.47 Å². The molecule has 3 rings (SSSR count). The van der Waals surface area contributed by atoms with Crippen LogP contribution in [0.25, 0.3) is 0 Å². The summed E-state index contributed by atoms with van der Waals surface area (Å²) in [4.78, 5) is 49.1. The van der Waals surface area contributed by atoms with Crippen molar-refractivity contribution in [3.63, 3.8) is 0 Å². The van der Waals surface area contributed by atoms with Crippen LogP contribution in [0.2, 0.25) is 0 Å². The van der Waals surface area contributed by atoms with Gasteiger partial charge >= 0.3 is 11.9 Å². The highest BCUT2D eigenvalue weighted by Gasteiger charge is 2.68. The van der Waals surface area contributed by atoms with Gasteiger partial charge in [0.25, 0.3) is 0 Å². The topological polar surface area (TPSA) is 86.7 Å². The molecule has 6 atom stereocenters. The van der Waals surface area contributed by atoms with E-state index in [2.05, 4.69) is 13.8 Å². The average molecular weight is 405 g/mol. The van der Waals surface area contributed by atoms with Crippen molar-refractivity contribution in [1.82, 2.24) is 0 Å². The van der Waals surface area contributed by atoms with Crippen molar-refractivity contribution >= 4 is 24.0 Å². The van der Waals surface area contributed by atoms with Crippen LogP contribution < -0.4 is 0 Å². The maximum Gasteiger partial charge on any atom is 0.315 e. The van der Waals surface area contributed by atoms with E-state index in [0.29, 0.717) is 36.8 Å². The number of fused-ring (bicyclic) bond motifs is 3. The van der Waals surface area contributed by atoms with Gasteiger partial charge in [-0.3, -0.25) is 19.2 Å². The van der Waals surface area contributed by atoms with Crippen LogP contribution in [0, 0.1) is 28.1 Å². The molecule has 0 unspecified atom stereocenters. The number of hydrogen-bond acceptors (Lipinski definition) is 6. The van der Waals surface area contributed by atoms with Gasteiger partial charge in [-0.05, 0) is 62.4 Å². The summed E-state index contributed by atoms with van der Waals surface area (Å²) >= 11 is 0. The second-order valence-corrected chi connectivity index (χ2v) is 9.78. The summed E-state index contributed by atoms with van der Waals surface area (Å²) in [6.45, 7) is 9.19. The fourth-order valence-corrected chi connectivity index (χ4v) is 7.19. The first-order valence-electron chi connectivity index (χ1n) is 10.4. The number of ether oxygens (including phenoxy) is 2. The lowest BCUT2D eigenvalue weighted by Crippen LogP contribution is -2.62. The lowest BCUT2D eigenvalue weighted by molar-refractivity contribution is -0.206. The molecule has 3 aliphatic carbocycles. The van der Waals surface area contributed by atoms with Gasteiger partial charge in [0.15, 0.2) is 5.78 Å². The number of carbonyl (C=O) groups is 4. The number of carbonyl (C=O) groups excluding carboxylic acids is 4. The Morgan fingerprint density at radius 1 is 1.07 bits per heavy atom. The van der Waals surface area contributed by atoms with Crippen molar-refractivity contribution in [2.45, 2.75) is 72.8 Å². The van der Waals surface area contributed by atoms with Crippen molar-refractivity contribution < 1.29 is 28.7 Å². The molecule has 0 aliphatic heterocycles. The molecular weight excluding hydrogens is 372 g/mol. The molecule has 0 saturated heterocycles. The van der Waals surface area contributed by atoms with Gasteiger partial charge in [-0.1, -0.05) is 13.8 Å². The maximum atomic E-state index is 13.0. The highest BCUT2D eigenvalue weighted by molar-refractivity contribution is 6.04. The average Bonchev–Trinajstić information content (AvgIpc) is 2.94. The Kier molecular flexibility index (Phi) is 5.29. The quantitative estimate of drug-likeness (QED) is 0.407. The van der Waals surface area contributed by atoms with Gasteiger partial charge in [-0.25, -0.2) is 0 Å². The summed E-state index contributed by atoms with van der Waals surface area (Å²) < 4.78 is 10.8. The first-order valence-corrected chi connectivity index (χ1v) is 10.4. The molecule has 0 radical (unpaired) electrons. The van der Waals surface area contributed by atoms with Crippen LogP contribution in [0.5, 0.6) is 0 Å². The third-order valence-corrected chi connectivity index (χ3v) is 8.40. The number of aldehydes is 1. The lowest BCUT2D eigenvalue weighted by atomic mass is 9.42. The molecule has 6 heteroatoms. The molecule has 3 saturated carbocycles. The van der Waals surface area contributed by atoms with Crippen molar-refractivity contribution in [2.75, 3.05) is 7.11 Å². The minimum Gasteiger partial charge on any atom is -0.468 e. The largest absolute Gasteiger partial charge is 0.468 e. The van der Waals surface area contributed by atoms with Crippen LogP contribution in [0.3, 0.4) is 0 Å². The fraction of sp³-hybridized carbons (Fsp3) is 0.739. The number of Topliss-reactive ketones (excluding diaryl/α,β-unsaturated/α-hetero) is 1. The number of methoxy groups -OCH3 is 1. The number of hydrogen-bond donors (Lipinski definition) is 0. The van der Waals surface area contributed by atoms with Gasteiger partial charge in [0.2, 0.25) is 0 Å². The zero-order valence-electron chi connectivity index (χ0n) is 18.3. The minimum absolute atomic E-state index is 0.0356. The third kappa shape index (κ3) is 2.89. The second kappa shape index (κ2) is 7.06. The monoisotopic (exact) mass is 404 g/mol. The zero-order chi connectivity index (χ0) is 21.8. The van der Waals surface area contributed by atoms with Crippen molar-refractivity contribution in [3.05, 3.63) is 11.1 Å². The van der Waals surface area contributed by atoms with E-state index in [9.17, 15) is 19.2 Å². The van der Waals surface area contributed by atoms with E-state index in [1.54, 1.807) is 6.92 Å². The predicted molar refractivity (Wildman–Crippen MR) is 106 cm³/mol. The molecule has 0 aromatic heterocycles. The van der Waals surface area contributed by atoms with Crippen molar-refractivity contribution in [2.24, 2.45) is 28.1 Å². The molecule has 6 nitrogen and oxygen atoms in total. The normalized spacial score (nSPS) is 43.1. The Hall–Kier alpha value is -1.98. The molecule has 0 aromatic rings. The molecule has 3 aliphatic rings. The summed E-state index contributed by atoms with van der Waals surface area (Å²) in [7, 11) is 1.37. The highest BCUT2D eigenvalue weighted by atomic mass is 16.6. The Bertz CT molecular complexity index is 797. The van der Waals surface area contributed by atoms with Crippen molar-refractivity contribution in [3.8, 4) is 0 Å². The van der Waals surface area contributed by atoms with Gasteiger partial charge in [0.05, 0.1) is 7.11 Å². The summed E-state index contributed by atoms with van der Waals surface area (Å²) in [6, 6.07) is 0. The highest BCUT2D eigenvalue weighted by Crippen LogP contribution is 2.69. The van der Waals surface area contributed by atoms with E-state index in [1.807, 2.05) is 6.92 Å². The first-order chi connectivity index (χ1) is 13.5. The molecule has 29 heavy (non-hydrogen) atoms. The van der Waals surface area contributed by atoms with Gasteiger partial charge in [-0.2, -0.15) is 0 Å². The molecule has 0 heterocycles. The standard InChI is InChI=1S/C23H32O6/c1-13(12-24)19-15(26)11-17-21(3)10-8-18(29-14(2)25)23(5,20(27)28-6)16(21)7-9-22(17,19)4/h12,16-18H,7-11H2,1-6H3/b19-13-/t16-,17-,18-,21+,22+,23-/m1/s1.